The van der Waals surface area contributed by atoms with Crippen molar-refractivity contribution in [1.82, 2.24) is 19.7 Å². The van der Waals surface area contributed by atoms with E-state index in [9.17, 15) is 5.11 Å². The number of benzene rings is 1. The molecule has 2 saturated heterocycles. The van der Waals surface area contributed by atoms with E-state index in [0.717, 1.165) is 48.5 Å². The Hall–Kier alpha value is -2.55. The van der Waals surface area contributed by atoms with E-state index in [1.165, 1.54) is 17.5 Å². The van der Waals surface area contributed by atoms with Crippen LogP contribution in [0.3, 0.4) is 0 Å². The quantitative estimate of drug-likeness (QED) is 0.691. The number of aromatic nitrogens is 4. The Morgan fingerprint density at radius 1 is 1.06 bits per heavy atom. The van der Waals surface area contributed by atoms with Crippen LogP contribution in [0.25, 0.3) is 16.7 Å². The Morgan fingerprint density at radius 3 is 2.74 bits per heavy atom. The van der Waals surface area contributed by atoms with Crippen molar-refractivity contribution in [2.75, 3.05) is 37.8 Å². The van der Waals surface area contributed by atoms with Gasteiger partial charge in [-0.15, -0.1) is 0 Å². The molecule has 2 aromatic heterocycles. The normalized spacial score (nSPS) is 22.2. The highest BCUT2D eigenvalue weighted by Crippen LogP contribution is 2.33. The third-order valence-electron chi connectivity index (χ3n) is 6.18. The lowest BCUT2D eigenvalue weighted by molar-refractivity contribution is 0.00335. The Balaban J connectivity index is 1.54. The Bertz CT molecular complexity index is 1080. The molecule has 1 aromatic carbocycles. The molecule has 0 amide bonds. The van der Waals surface area contributed by atoms with Gasteiger partial charge in [0.05, 0.1) is 37.1 Å². The largest absolute Gasteiger partial charge is 0.394 e. The lowest BCUT2D eigenvalue weighted by Gasteiger charge is -2.33. The van der Waals surface area contributed by atoms with E-state index in [0.29, 0.717) is 19.0 Å². The van der Waals surface area contributed by atoms with Gasteiger partial charge in [0.2, 0.25) is 0 Å². The first-order chi connectivity index (χ1) is 15.1. The number of nitrogens with zero attached hydrogens (tertiary/aromatic N) is 5. The van der Waals surface area contributed by atoms with Crippen LogP contribution >= 0.6 is 0 Å². The zero-order chi connectivity index (χ0) is 21.4. The monoisotopic (exact) mass is 423 g/mol. The minimum atomic E-state index is -0.195. The van der Waals surface area contributed by atoms with E-state index >= 15 is 0 Å². The first-order valence-electron chi connectivity index (χ1n) is 11.1. The molecule has 2 fully saturated rings. The van der Waals surface area contributed by atoms with Crippen molar-refractivity contribution in [2.24, 2.45) is 0 Å². The highest BCUT2D eigenvalue weighted by Gasteiger charge is 2.23. The molecule has 4 heterocycles. The van der Waals surface area contributed by atoms with Gasteiger partial charge in [0, 0.05) is 31.1 Å². The summed E-state index contributed by atoms with van der Waals surface area (Å²) in [4.78, 5) is 11.5. The number of hydrogen-bond acceptors (Lipinski definition) is 7. The third kappa shape index (κ3) is 4.03. The molecule has 0 radical (unpaired) electrons. The highest BCUT2D eigenvalue weighted by molar-refractivity contribution is 5.82. The SMILES string of the molecule is Cc1nc(N2CCO[C@@H](CO)C2)cc(-n2ncc3cc(C)c(C4CCCCO4)cc32)n1. The van der Waals surface area contributed by atoms with Crippen molar-refractivity contribution in [3.8, 4) is 5.82 Å². The molecule has 5 rings (SSSR count). The standard InChI is InChI=1S/C23H29N5O3/c1-15-9-17-12-24-28(20(17)10-19(15)21-5-3-4-7-31-21)23-11-22(25-16(2)26-23)27-6-8-30-18(13-27)14-29/h9-12,18,21,29H,3-8,13-14H2,1-2H3/t18-,21?/m1/s1. The summed E-state index contributed by atoms with van der Waals surface area (Å²) >= 11 is 0. The Labute approximate surface area is 181 Å². The van der Waals surface area contributed by atoms with Gasteiger partial charge < -0.3 is 19.5 Å². The topological polar surface area (TPSA) is 85.5 Å². The zero-order valence-corrected chi connectivity index (χ0v) is 18.1. The maximum atomic E-state index is 9.48. The van der Waals surface area contributed by atoms with E-state index < -0.39 is 0 Å². The minimum absolute atomic E-state index is 0.00256. The minimum Gasteiger partial charge on any atom is -0.394 e. The van der Waals surface area contributed by atoms with E-state index in [-0.39, 0.29) is 18.8 Å². The molecule has 0 saturated carbocycles. The van der Waals surface area contributed by atoms with Crippen molar-refractivity contribution in [2.45, 2.75) is 45.3 Å². The van der Waals surface area contributed by atoms with Gasteiger partial charge in [-0.2, -0.15) is 5.10 Å². The average molecular weight is 424 g/mol. The van der Waals surface area contributed by atoms with E-state index in [4.69, 9.17) is 9.47 Å². The predicted octanol–water partition coefficient (Wildman–Crippen LogP) is 2.87. The number of aliphatic hydroxyl groups excluding tert-OH is 1. The smallest absolute Gasteiger partial charge is 0.159 e. The summed E-state index contributed by atoms with van der Waals surface area (Å²) in [6.45, 7) is 6.77. The fraction of sp³-hybridized carbons (Fsp3) is 0.522. The fourth-order valence-corrected chi connectivity index (χ4v) is 4.56. The number of rotatable bonds is 4. The van der Waals surface area contributed by atoms with E-state index in [2.05, 4.69) is 39.0 Å². The Morgan fingerprint density at radius 2 is 1.94 bits per heavy atom. The molecule has 0 bridgehead atoms. The van der Waals surface area contributed by atoms with Gasteiger partial charge in [-0.05, 0) is 56.4 Å². The third-order valence-corrected chi connectivity index (χ3v) is 6.18. The number of aryl methyl sites for hydroxylation is 2. The Kier molecular flexibility index (Phi) is 5.60. The fourth-order valence-electron chi connectivity index (χ4n) is 4.56. The summed E-state index contributed by atoms with van der Waals surface area (Å²) in [6, 6.07) is 6.37. The van der Waals surface area contributed by atoms with Gasteiger partial charge >= 0.3 is 0 Å². The van der Waals surface area contributed by atoms with E-state index in [1.54, 1.807) is 0 Å². The molecule has 3 aromatic rings. The maximum absolute atomic E-state index is 9.48. The van der Waals surface area contributed by atoms with Crippen LogP contribution in [-0.2, 0) is 9.47 Å². The number of anilines is 1. The van der Waals surface area contributed by atoms with Crippen LogP contribution in [0, 0.1) is 13.8 Å². The van der Waals surface area contributed by atoms with Crippen LogP contribution in [0.4, 0.5) is 5.82 Å². The van der Waals surface area contributed by atoms with Crippen LogP contribution in [0.5, 0.6) is 0 Å². The van der Waals surface area contributed by atoms with Gasteiger partial charge in [-0.1, -0.05) is 0 Å². The molecule has 1 unspecified atom stereocenters. The molecule has 2 aliphatic heterocycles. The number of fused-ring (bicyclic) bond motifs is 1. The molecule has 164 valence electrons. The first-order valence-corrected chi connectivity index (χ1v) is 11.1. The number of aliphatic hydroxyl groups is 1. The van der Waals surface area contributed by atoms with Gasteiger partial charge in [0.1, 0.15) is 11.6 Å². The van der Waals surface area contributed by atoms with Crippen LogP contribution < -0.4 is 4.90 Å². The summed E-state index contributed by atoms with van der Waals surface area (Å²) in [5.74, 6) is 2.26. The zero-order valence-electron chi connectivity index (χ0n) is 18.1. The lowest BCUT2D eigenvalue weighted by atomic mass is 9.96. The molecule has 8 nitrogen and oxygen atoms in total. The lowest BCUT2D eigenvalue weighted by Crippen LogP contribution is -2.44. The second-order valence-corrected chi connectivity index (χ2v) is 8.43. The number of morpholine rings is 1. The predicted molar refractivity (Wildman–Crippen MR) is 118 cm³/mol. The summed E-state index contributed by atoms with van der Waals surface area (Å²) < 4.78 is 13.5. The maximum Gasteiger partial charge on any atom is 0.159 e. The molecule has 2 aliphatic rings. The second kappa shape index (κ2) is 8.53. The summed E-state index contributed by atoms with van der Waals surface area (Å²) in [7, 11) is 0. The van der Waals surface area contributed by atoms with Gasteiger partial charge in [-0.3, -0.25) is 0 Å². The molecule has 0 aliphatic carbocycles. The average Bonchev–Trinajstić information content (AvgIpc) is 3.21. The van der Waals surface area contributed by atoms with Crippen molar-refractivity contribution in [1.29, 1.82) is 0 Å². The van der Waals surface area contributed by atoms with Gasteiger partial charge in [-0.25, -0.2) is 14.6 Å². The van der Waals surface area contributed by atoms with Crippen LogP contribution in [0.15, 0.2) is 24.4 Å². The molecular formula is C23H29N5O3. The number of ether oxygens (including phenoxy) is 2. The molecule has 8 heteroatoms. The van der Waals surface area contributed by atoms with Crippen LogP contribution in [-0.4, -0.2) is 63.9 Å². The van der Waals surface area contributed by atoms with Crippen molar-refractivity contribution >= 4 is 16.7 Å². The summed E-state index contributed by atoms with van der Waals surface area (Å²) in [5.41, 5.74) is 3.50. The second-order valence-electron chi connectivity index (χ2n) is 8.43. The summed E-state index contributed by atoms with van der Waals surface area (Å²) in [6.07, 6.45) is 5.23. The van der Waals surface area contributed by atoms with Crippen molar-refractivity contribution in [3.05, 3.63) is 41.3 Å². The van der Waals surface area contributed by atoms with Gasteiger partial charge in [0.25, 0.3) is 0 Å². The van der Waals surface area contributed by atoms with Crippen molar-refractivity contribution < 1.29 is 14.6 Å². The van der Waals surface area contributed by atoms with E-state index in [1.807, 2.05) is 23.9 Å². The van der Waals surface area contributed by atoms with Gasteiger partial charge in [0.15, 0.2) is 5.82 Å². The highest BCUT2D eigenvalue weighted by atomic mass is 16.5. The van der Waals surface area contributed by atoms with Crippen molar-refractivity contribution in [3.63, 3.8) is 0 Å². The molecule has 31 heavy (non-hydrogen) atoms. The molecular weight excluding hydrogens is 394 g/mol. The first kappa shape index (κ1) is 20.4. The molecule has 1 N–H and O–H groups in total. The number of hydrogen-bond donors (Lipinski definition) is 1. The van der Waals surface area contributed by atoms with Crippen LogP contribution in [0.2, 0.25) is 0 Å². The van der Waals surface area contributed by atoms with Crippen LogP contribution in [0.1, 0.15) is 42.3 Å². The molecule has 2 atom stereocenters. The molecule has 0 spiro atoms. The summed E-state index contributed by atoms with van der Waals surface area (Å²) in [5, 5.41) is 15.2.